The largest absolute Gasteiger partial charge is 0.466 e. The molecule has 0 rings (SSSR count). The van der Waals surface area contributed by atoms with Crippen molar-refractivity contribution in [1.82, 2.24) is 0 Å². The zero-order valence-corrected chi connectivity index (χ0v) is 16.2. The number of hydrogen-bond donors (Lipinski definition) is 0. The summed E-state index contributed by atoms with van der Waals surface area (Å²) in [7, 11) is 0. The van der Waals surface area contributed by atoms with E-state index in [2.05, 4.69) is 67.7 Å². The van der Waals surface area contributed by atoms with Gasteiger partial charge >= 0.3 is 5.97 Å². The second-order valence-corrected chi connectivity index (χ2v) is 5.76. The van der Waals surface area contributed by atoms with Crippen LogP contribution in [-0.2, 0) is 9.53 Å². The highest BCUT2D eigenvalue weighted by Gasteiger charge is 1.99. The molecule has 0 bridgehead atoms. The Morgan fingerprint density at radius 3 is 1.64 bits per heavy atom. The zero-order valence-electron chi connectivity index (χ0n) is 16.2. The lowest BCUT2D eigenvalue weighted by Gasteiger charge is -1.99. The zero-order chi connectivity index (χ0) is 18.4. The van der Waals surface area contributed by atoms with E-state index in [1.807, 2.05) is 6.92 Å². The Kier molecular flexibility index (Phi) is 18.7. The molecule has 0 aliphatic carbocycles. The molecule has 0 heterocycles. The van der Waals surface area contributed by atoms with Gasteiger partial charge in [-0.25, -0.2) is 0 Å². The first kappa shape index (κ1) is 23.2. The van der Waals surface area contributed by atoms with Gasteiger partial charge in [0.25, 0.3) is 0 Å². The molecule has 2 heteroatoms. The minimum absolute atomic E-state index is 0.0775. The Morgan fingerprint density at radius 2 is 1.16 bits per heavy atom. The molecular formula is C23H36O2. The quantitative estimate of drug-likeness (QED) is 0.184. The SMILES string of the molecule is CCC=CCC=CCC=CCC=CCC=CCCCCC(=O)OCC. The fraction of sp³-hybridized carbons (Fsp3) is 0.522. The van der Waals surface area contributed by atoms with Gasteiger partial charge in [0.15, 0.2) is 0 Å². The Labute approximate surface area is 155 Å². The van der Waals surface area contributed by atoms with Gasteiger partial charge in [-0.15, -0.1) is 0 Å². The molecule has 0 aliphatic rings. The summed E-state index contributed by atoms with van der Waals surface area (Å²) in [5.74, 6) is -0.0775. The van der Waals surface area contributed by atoms with Gasteiger partial charge in [-0.2, -0.15) is 0 Å². The summed E-state index contributed by atoms with van der Waals surface area (Å²) in [5, 5.41) is 0. The van der Waals surface area contributed by atoms with E-state index in [1.165, 1.54) is 0 Å². The summed E-state index contributed by atoms with van der Waals surface area (Å²) in [6, 6.07) is 0. The Balaban J connectivity index is 3.46. The van der Waals surface area contributed by atoms with Crippen LogP contribution in [0.2, 0.25) is 0 Å². The maximum atomic E-state index is 11.2. The van der Waals surface area contributed by atoms with E-state index in [-0.39, 0.29) is 5.97 Å². The molecule has 0 amide bonds. The van der Waals surface area contributed by atoms with E-state index in [4.69, 9.17) is 4.74 Å². The average molecular weight is 345 g/mol. The lowest BCUT2D eigenvalue weighted by atomic mass is 10.2. The standard InChI is InChI=1S/C23H36O2/c1-3-5-6-7-8-9-10-11-12-13-14-15-16-17-18-19-20-21-22-23(24)25-4-2/h5-6,8-9,11-12,14-15,17-18H,3-4,7,10,13,16,19-22H2,1-2H3. The normalized spacial score (nSPS) is 12.6. The Bertz CT molecular complexity index is 439. The molecule has 0 aliphatic heterocycles. The van der Waals surface area contributed by atoms with Crippen molar-refractivity contribution >= 4 is 5.97 Å². The van der Waals surface area contributed by atoms with Gasteiger partial charge in [-0.3, -0.25) is 4.79 Å². The van der Waals surface area contributed by atoms with Gasteiger partial charge < -0.3 is 4.74 Å². The molecule has 0 aromatic carbocycles. The molecule has 0 saturated heterocycles. The monoisotopic (exact) mass is 344 g/mol. The van der Waals surface area contributed by atoms with E-state index in [1.54, 1.807) is 0 Å². The summed E-state index contributed by atoms with van der Waals surface area (Å²) >= 11 is 0. The van der Waals surface area contributed by atoms with E-state index in [9.17, 15) is 4.79 Å². The maximum Gasteiger partial charge on any atom is 0.305 e. The molecule has 25 heavy (non-hydrogen) atoms. The molecule has 0 N–H and O–H groups in total. The molecule has 0 spiro atoms. The van der Waals surface area contributed by atoms with Crippen LogP contribution in [0.3, 0.4) is 0 Å². The van der Waals surface area contributed by atoms with Crippen LogP contribution in [0.1, 0.15) is 71.6 Å². The predicted octanol–water partition coefficient (Wildman–Crippen LogP) is 6.86. The summed E-state index contributed by atoms with van der Waals surface area (Å²) in [5.41, 5.74) is 0. The van der Waals surface area contributed by atoms with Crippen LogP contribution in [0.15, 0.2) is 60.8 Å². The van der Waals surface area contributed by atoms with Gasteiger partial charge in [0.2, 0.25) is 0 Å². The number of carbonyl (C=O) groups is 1. The van der Waals surface area contributed by atoms with Crippen molar-refractivity contribution in [2.24, 2.45) is 0 Å². The van der Waals surface area contributed by atoms with E-state index < -0.39 is 0 Å². The van der Waals surface area contributed by atoms with Crippen molar-refractivity contribution in [3.63, 3.8) is 0 Å². The van der Waals surface area contributed by atoms with Crippen molar-refractivity contribution in [2.75, 3.05) is 6.61 Å². The molecule has 2 nitrogen and oxygen atoms in total. The molecule has 140 valence electrons. The molecule has 0 atom stereocenters. The first-order valence-electron chi connectivity index (χ1n) is 9.71. The number of esters is 1. The highest BCUT2D eigenvalue weighted by molar-refractivity contribution is 5.69. The first-order valence-corrected chi connectivity index (χ1v) is 9.71. The van der Waals surface area contributed by atoms with Crippen molar-refractivity contribution in [2.45, 2.75) is 71.6 Å². The average Bonchev–Trinajstić information content (AvgIpc) is 2.61. The van der Waals surface area contributed by atoms with Crippen molar-refractivity contribution in [1.29, 1.82) is 0 Å². The van der Waals surface area contributed by atoms with Gasteiger partial charge in [0, 0.05) is 6.42 Å². The molecular weight excluding hydrogens is 308 g/mol. The van der Waals surface area contributed by atoms with Crippen LogP contribution in [0.5, 0.6) is 0 Å². The number of carbonyl (C=O) groups excluding carboxylic acids is 1. The third-order valence-corrected chi connectivity index (χ3v) is 3.46. The third kappa shape index (κ3) is 20.1. The van der Waals surface area contributed by atoms with Gasteiger partial charge in [0.05, 0.1) is 6.61 Å². The second kappa shape index (κ2) is 20.2. The van der Waals surface area contributed by atoms with Gasteiger partial charge in [-0.05, 0) is 58.3 Å². The second-order valence-electron chi connectivity index (χ2n) is 5.76. The number of rotatable bonds is 15. The summed E-state index contributed by atoms with van der Waals surface area (Å²) in [4.78, 5) is 11.2. The summed E-state index contributed by atoms with van der Waals surface area (Å²) < 4.78 is 4.90. The Hall–Kier alpha value is -1.83. The highest BCUT2D eigenvalue weighted by Crippen LogP contribution is 2.03. The number of hydrogen-bond acceptors (Lipinski definition) is 2. The Morgan fingerprint density at radius 1 is 0.680 bits per heavy atom. The van der Waals surface area contributed by atoms with Crippen LogP contribution in [0, 0.1) is 0 Å². The smallest absolute Gasteiger partial charge is 0.305 e. The van der Waals surface area contributed by atoms with Crippen molar-refractivity contribution in [3.8, 4) is 0 Å². The fourth-order valence-electron chi connectivity index (χ4n) is 2.13. The van der Waals surface area contributed by atoms with Crippen LogP contribution in [-0.4, -0.2) is 12.6 Å². The van der Waals surface area contributed by atoms with Crippen LogP contribution >= 0.6 is 0 Å². The van der Waals surface area contributed by atoms with Gasteiger partial charge in [-0.1, -0.05) is 67.7 Å². The predicted molar refractivity (Wildman–Crippen MR) is 110 cm³/mol. The number of allylic oxidation sites excluding steroid dienone is 10. The van der Waals surface area contributed by atoms with Crippen molar-refractivity contribution < 1.29 is 9.53 Å². The summed E-state index contributed by atoms with van der Waals surface area (Å²) in [6.45, 7) is 4.48. The number of unbranched alkanes of at least 4 members (excludes halogenated alkanes) is 2. The topological polar surface area (TPSA) is 26.3 Å². The third-order valence-electron chi connectivity index (χ3n) is 3.46. The summed E-state index contributed by atoms with van der Waals surface area (Å²) in [6.07, 6.45) is 30.7. The molecule has 0 aromatic rings. The number of ether oxygens (including phenoxy) is 1. The van der Waals surface area contributed by atoms with E-state index in [0.717, 1.165) is 51.4 Å². The van der Waals surface area contributed by atoms with Crippen molar-refractivity contribution in [3.05, 3.63) is 60.8 Å². The van der Waals surface area contributed by atoms with Gasteiger partial charge in [0.1, 0.15) is 0 Å². The molecule has 0 saturated carbocycles. The van der Waals surface area contributed by atoms with Crippen LogP contribution in [0.25, 0.3) is 0 Å². The first-order chi connectivity index (χ1) is 12.3. The molecule has 0 radical (unpaired) electrons. The van der Waals surface area contributed by atoms with E-state index in [0.29, 0.717) is 13.0 Å². The molecule has 0 unspecified atom stereocenters. The minimum atomic E-state index is -0.0775. The lowest BCUT2D eigenvalue weighted by Crippen LogP contribution is -2.02. The van der Waals surface area contributed by atoms with Crippen LogP contribution in [0.4, 0.5) is 0 Å². The minimum Gasteiger partial charge on any atom is -0.466 e. The molecule has 0 aromatic heterocycles. The van der Waals surface area contributed by atoms with Crippen LogP contribution < -0.4 is 0 Å². The fourth-order valence-corrected chi connectivity index (χ4v) is 2.13. The molecule has 0 fully saturated rings. The highest BCUT2D eigenvalue weighted by atomic mass is 16.5. The maximum absolute atomic E-state index is 11.2. The lowest BCUT2D eigenvalue weighted by molar-refractivity contribution is -0.143. The van der Waals surface area contributed by atoms with E-state index >= 15 is 0 Å².